The fraction of sp³-hybridized carbons (Fsp3) is 0.500. The maximum absolute atomic E-state index is 12.4. The highest BCUT2D eigenvalue weighted by Crippen LogP contribution is 2.77. The van der Waals surface area contributed by atoms with Crippen LogP contribution in [-0.4, -0.2) is 148 Å². The smallest absolute Gasteiger partial charge is 0.387 e. The van der Waals surface area contributed by atoms with E-state index in [4.69, 9.17) is 20.9 Å². The van der Waals surface area contributed by atoms with E-state index in [-0.39, 0.29) is 34.0 Å². The molecule has 2 aliphatic heterocycles. The van der Waals surface area contributed by atoms with Gasteiger partial charge in [0, 0.05) is 0 Å². The maximum Gasteiger partial charge on any atom is 0.490 e. The largest absolute Gasteiger partial charge is 0.490 e. The third kappa shape index (κ3) is 14.0. The number of aliphatic hydroxyl groups excluding tert-OH is 4. The molecule has 69 heavy (non-hydrogen) atoms. The summed E-state index contributed by atoms with van der Waals surface area (Å²) in [6, 6.07) is 0. The van der Waals surface area contributed by atoms with Gasteiger partial charge in [0.25, 0.3) is 0 Å². The van der Waals surface area contributed by atoms with Gasteiger partial charge in [-0.15, -0.1) is 0 Å². The Kier molecular flexibility index (Phi) is 16.3. The fourth-order valence-electron chi connectivity index (χ4n) is 5.69. The molecule has 0 bridgehead atoms. The lowest BCUT2D eigenvalue weighted by Gasteiger charge is -2.22. The summed E-state index contributed by atoms with van der Waals surface area (Å²) in [5, 5.41) is 41.8. The normalized spacial score (nSPS) is 30.3. The molecule has 16 N–H and O–H groups in total. The summed E-state index contributed by atoms with van der Waals surface area (Å²) in [4.78, 5) is 101. The van der Waals surface area contributed by atoms with Gasteiger partial charge in [-0.2, -0.15) is 30.2 Å². The standard InChI is InChI=1S/C20H32N10O31P8/c21-15-9-17(25-3-23-15)29(5-27-9)19-13(33)11(31)7(53-19)1-51-62(35,36)55-64(39,40)57-66(43,44)59-68(47,48)61-69(49,50)60-67(45,46)58-65(41,42)56-63(37,38)52-2-8-12(32)14(34)20(54-8)30-6-28-10-16(22)24-4-26-18(10)30/h3-8,11-14,19-20,31-34H,1-2H2,(H,35,36)(H,37,38)(H,39,40)(H,41,42)(H,43,44)(H,45,46)(H,47,48)(H,49,50)(H2,21,23,25)(H2,22,24,26). The van der Waals surface area contributed by atoms with E-state index in [0.717, 1.165) is 34.4 Å². The van der Waals surface area contributed by atoms with Crippen LogP contribution in [-0.2, 0) is 85.2 Å². The number of nitrogens with two attached hydrogens (primary N) is 2. The Hall–Kier alpha value is -2.38. The molecule has 388 valence electrons. The van der Waals surface area contributed by atoms with Crippen molar-refractivity contribution in [2.24, 2.45) is 0 Å². The number of hydrogen-bond donors (Lipinski definition) is 14. The molecule has 2 fully saturated rings. The van der Waals surface area contributed by atoms with Crippen LogP contribution in [0.5, 0.6) is 0 Å². The lowest BCUT2D eigenvalue weighted by atomic mass is 10.1. The first-order valence-corrected chi connectivity index (χ1v) is 29.3. The van der Waals surface area contributed by atoms with Crippen LogP contribution in [0, 0.1) is 0 Å². The van der Waals surface area contributed by atoms with Gasteiger partial charge < -0.3 is 80.5 Å². The highest BCUT2D eigenvalue weighted by molar-refractivity contribution is 7.73. The third-order valence-electron chi connectivity index (χ3n) is 8.25. The Bertz CT molecular complexity index is 2780. The van der Waals surface area contributed by atoms with Crippen LogP contribution in [0.1, 0.15) is 12.5 Å². The van der Waals surface area contributed by atoms with Gasteiger partial charge >= 0.3 is 62.6 Å². The van der Waals surface area contributed by atoms with Crippen molar-refractivity contribution in [3.05, 3.63) is 25.3 Å². The van der Waals surface area contributed by atoms with E-state index < -0.39 is 125 Å². The summed E-state index contributed by atoms with van der Waals surface area (Å²) in [6.07, 6.45) is -9.94. The number of imidazole rings is 2. The number of rotatable bonds is 22. The molecule has 6 heterocycles. The number of hydrogen-bond acceptors (Lipinski definition) is 31. The molecule has 0 radical (unpaired) electrons. The zero-order chi connectivity index (χ0) is 51.5. The number of nitrogens with zero attached hydrogens (tertiary/aromatic N) is 8. The summed E-state index contributed by atoms with van der Waals surface area (Å²) in [5.74, 6) is -0.180. The molecular formula is C20H32N10O31P8. The second-order valence-corrected chi connectivity index (χ2v) is 25.8. The average molecular weight is 1160 g/mol. The van der Waals surface area contributed by atoms with E-state index in [9.17, 15) is 96.1 Å². The zero-order valence-electron chi connectivity index (χ0n) is 32.8. The minimum Gasteiger partial charge on any atom is -0.387 e. The van der Waals surface area contributed by atoms with Gasteiger partial charge in [-0.3, -0.25) is 18.2 Å². The monoisotopic (exact) mass is 1160 g/mol. The van der Waals surface area contributed by atoms with E-state index in [2.05, 4.69) is 69.1 Å². The number of aliphatic hydroxyl groups is 4. The molecule has 16 unspecified atom stereocenters. The summed E-state index contributed by atoms with van der Waals surface area (Å²) in [6.45, 7) is -2.55. The topological polar surface area (TPSA) is 620 Å². The number of phosphoric acid groups is 8. The van der Waals surface area contributed by atoms with Crippen LogP contribution in [0.3, 0.4) is 0 Å². The molecule has 2 saturated heterocycles. The SMILES string of the molecule is Nc1ncnc2c1ncn2C1OC(COP(=O)(O)OP(=O)(O)OP(=O)(O)OP(=O)(O)OP(=O)(O)OP(=O)(O)OP(=O)(O)OP(=O)(O)OCC2OC(n3cnc4c(N)ncnc43)C(O)C2O)C(O)C1O. The van der Waals surface area contributed by atoms with E-state index in [1.165, 1.54) is 0 Å². The Morgan fingerprint density at radius 3 is 1.01 bits per heavy atom. The molecule has 0 amide bonds. The minimum absolute atomic E-state index is 0.0108. The van der Waals surface area contributed by atoms with Crippen molar-refractivity contribution in [3.63, 3.8) is 0 Å². The average Bonchev–Trinajstić information content (AvgIpc) is 3.92. The van der Waals surface area contributed by atoms with Crippen LogP contribution in [0.15, 0.2) is 25.3 Å². The highest BCUT2D eigenvalue weighted by atomic mass is 31.3. The number of nitrogen functional groups attached to an aromatic ring is 2. The molecule has 4 aromatic heterocycles. The Morgan fingerprint density at radius 2 is 0.725 bits per heavy atom. The van der Waals surface area contributed by atoms with Crippen LogP contribution in [0.4, 0.5) is 11.6 Å². The predicted molar refractivity (Wildman–Crippen MR) is 209 cm³/mol. The lowest BCUT2D eigenvalue weighted by molar-refractivity contribution is -0.0503. The molecule has 4 aromatic rings. The van der Waals surface area contributed by atoms with Crippen molar-refractivity contribution in [1.29, 1.82) is 0 Å². The van der Waals surface area contributed by atoms with Crippen molar-refractivity contribution < 1.29 is 145 Å². The predicted octanol–water partition coefficient (Wildman–Crippen LogP) is -1.98. The van der Waals surface area contributed by atoms with Crippen molar-refractivity contribution in [1.82, 2.24) is 39.0 Å². The van der Waals surface area contributed by atoms with Crippen molar-refractivity contribution >= 4 is 96.5 Å². The molecule has 0 saturated carbocycles. The van der Waals surface area contributed by atoms with Crippen molar-refractivity contribution in [2.75, 3.05) is 24.7 Å². The van der Waals surface area contributed by atoms with Crippen LogP contribution < -0.4 is 11.5 Å². The molecule has 49 heteroatoms. The molecule has 41 nitrogen and oxygen atoms in total. The Balaban J connectivity index is 0.977. The van der Waals surface area contributed by atoms with Gasteiger partial charge in [0.1, 0.15) is 60.3 Å². The second kappa shape index (κ2) is 20.1. The van der Waals surface area contributed by atoms with E-state index in [1.54, 1.807) is 0 Å². The molecule has 0 aromatic carbocycles. The van der Waals surface area contributed by atoms with Crippen LogP contribution >= 0.6 is 62.6 Å². The Labute approximate surface area is 379 Å². The number of ether oxygens (including phenoxy) is 2. The first kappa shape index (κ1) is 55.9. The van der Waals surface area contributed by atoms with Gasteiger partial charge in [0.2, 0.25) is 0 Å². The highest BCUT2D eigenvalue weighted by Gasteiger charge is 2.53. The molecule has 2 aliphatic rings. The van der Waals surface area contributed by atoms with Gasteiger partial charge in [0.15, 0.2) is 35.4 Å². The third-order valence-corrected chi connectivity index (χ3v) is 20.8. The summed E-state index contributed by atoms with van der Waals surface area (Å²) in [5.41, 5.74) is 11.4. The zero-order valence-corrected chi connectivity index (χ0v) is 39.9. The number of phosphoric ester groups is 2. The van der Waals surface area contributed by atoms with E-state index in [1.807, 2.05) is 0 Å². The quantitative estimate of drug-likeness (QED) is 0.0379. The number of fused-ring (bicyclic) bond motifs is 2. The maximum atomic E-state index is 12.4. The number of anilines is 2. The molecule has 6 rings (SSSR count). The van der Waals surface area contributed by atoms with Gasteiger partial charge in [-0.25, -0.2) is 66.4 Å². The molecule has 0 spiro atoms. The van der Waals surface area contributed by atoms with E-state index >= 15 is 0 Å². The van der Waals surface area contributed by atoms with Crippen LogP contribution in [0.2, 0.25) is 0 Å². The molecular weight excluding hydrogens is 1120 g/mol. The van der Waals surface area contributed by atoms with Crippen LogP contribution in [0.25, 0.3) is 22.3 Å². The summed E-state index contributed by atoms with van der Waals surface area (Å²) >= 11 is 0. The first-order valence-electron chi connectivity index (χ1n) is 17.3. The Morgan fingerprint density at radius 1 is 0.449 bits per heavy atom. The summed E-state index contributed by atoms with van der Waals surface area (Å²) in [7, 11) is -52.3. The van der Waals surface area contributed by atoms with E-state index in [0.29, 0.717) is 0 Å². The summed E-state index contributed by atoms with van der Waals surface area (Å²) < 4.78 is 145. The molecule has 16 atom stereocenters. The second-order valence-electron chi connectivity index (χ2n) is 13.2. The fourth-order valence-corrected chi connectivity index (χ4v) is 16.4. The van der Waals surface area contributed by atoms with Gasteiger partial charge in [-0.1, -0.05) is 0 Å². The van der Waals surface area contributed by atoms with Crippen molar-refractivity contribution in [2.45, 2.75) is 49.1 Å². The van der Waals surface area contributed by atoms with Gasteiger partial charge in [0.05, 0.1) is 25.9 Å². The van der Waals surface area contributed by atoms with Crippen molar-refractivity contribution in [3.8, 4) is 0 Å². The first-order chi connectivity index (χ1) is 31.5. The molecule has 0 aliphatic carbocycles. The number of aromatic nitrogens is 8. The minimum atomic E-state index is -6.83. The van der Waals surface area contributed by atoms with Gasteiger partial charge in [-0.05, 0) is 0 Å². The lowest BCUT2D eigenvalue weighted by Crippen LogP contribution is -2.33.